The summed E-state index contributed by atoms with van der Waals surface area (Å²) in [5.74, 6) is 0.220. The fourth-order valence-electron chi connectivity index (χ4n) is 3.50. The molecule has 1 amide bonds. The van der Waals surface area contributed by atoms with Gasteiger partial charge in [-0.15, -0.1) is 11.3 Å². The molecule has 0 spiro atoms. The van der Waals surface area contributed by atoms with E-state index in [0.29, 0.717) is 17.2 Å². The Bertz CT molecular complexity index is 1090. The number of likely N-dealkylation sites (tertiary alicyclic amines) is 1. The highest BCUT2D eigenvalue weighted by Crippen LogP contribution is 2.26. The standard InChI is InChI=1S/C22H22N2O3S2/c25-21-7-3-13-24(21)16-17-9-11-18(12-10-17)20-6-2-1-5-19(20)15-23-29(26,27)22-8-4-14-28-22/h1-2,4-6,8-12,14,23H,3,7,13,15-16H2. The van der Waals surface area contributed by atoms with E-state index in [1.165, 1.54) is 11.3 Å². The molecule has 2 aromatic carbocycles. The highest BCUT2D eigenvalue weighted by atomic mass is 32.2. The number of rotatable bonds is 7. The summed E-state index contributed by atoms with van der Waals surface area (Å²) in [4.78, 5) is 13.7. The van der Waals surface area contributed by atoms with Gasteiger partial charge < -0.3 is 4.90 Å². The molecule has 1 aromatic heterocycles. The van der Waals surface area contributed by atoms with E-state index in [2.05, 4.69) is 4.72 Å². The lowest BCUT2D eigenvalue weighted by Gasteiger charge is -2.16. The van der Waals surface area contributed by atoms with Crippen molar-refractivity contribution in [2.45, 2.75) is 30.1 Å². The molecule has 7 heteroatoms. The van der Waals surface area contributed by atoms with Crippen LogP contribution in [0.2, 0.25) is 0 Å². The van der Waals surface area contributed by atoms with Crippen LogP contribution in [0.5, 0.6) is 0 Å². The zero-order valence-electron chi connectivity index (χ0n) is 15.9. The van der Waals surface area contributed by atoms with Crippen molar-refractivity contribution in [1.29, 1.82) is 0 Å². The molecular weight excluding hydrogens is 404 g/mol. The van der Waals surface area contributed by atoms with Gasteiger partial charge in [0.15, 0.2) is 0 Å². The van der Waals surface area contributed by atoms with Crippen molar-refractivity contribution in [1.82, 2.24) is 9.62 Å². The summed E-state index contributed by atoms with van der Waals surface area (Å²) in [7, 11) is -3.51. The molecular formula is C22H22N2O3S2. The lowest BCUT2D eigenvalue weighted by molar-refractivity contribution is -0.128. The van der Waals surface area contributed by atoms with Gasteiger partial charge in [-0.1, -0.05) is 54.6 Å². The summed E-state index contributed by atoms with van der Waals surface area (Å²) >= 11 is 1.20. The number of amides is 1. The van der Waals surface area contributed by atoms with Crippen LogP contribution in [0, 0.1) is 0 Å². The largest absolute Gasteiger partial charge is 0.338 e. The van der Waals surface area contributed by atoms with Gasteiger partial charge in [-0.05, 0) is 40.1 Å². The van der Waals surface area contributed by atoms with E-state index in [0.717, 1.165) is 35.2 Å². The second kappa shape index (κ2) is 8.49. The molecule has 0 bridgehead atoms. The second-order valence-electron chi connectivity index (χ2n) is 7.03. The number of thiophene rings is 1. The van der Waals surface area contributed by atoms with E-state index in [4.69, 9.17) is 0 Å². The van der Waals surface area contributed by atoms with Gasteiger partial charge in [0.2, 0.25) is 15.9 Å². The molecule has 3 aromatic rings. The molecule has 2 heterocycles. The first-order chi connectivity index (χ1) is 14.0. The number of hydrogen-bond acceptors (Lipinski definition) is 4. The molecule has 1 fully saturated rings. The number of sulfonamides is 1. The second-order valence-corrected chi connectivity index (χ2v) is 9.97. The average Bonchev–Trinajstić information content (AvgIpc) is 3.41. The highest BCUT2D eigenvalue weighted by Gasteiger charge is 2.20. The number of nitrogens with zero attached hydrogens (tertiary/aromatic N) is 1. The molecule has 0 saturated carbocycles. The SMILES string of the molecule is O=C1CCCN1Cc1ccc(-c2ccccc2CNS(=O)(=O)c2cccs2)cc1. The predicted octanol–water partition coefficient (Wildman–Crippen LogP) is 4.02. The van der Waals surface area contributed by atoms with Gasteiger partial charge >= 0.3 is 0 Å². The molecule has 1 aliphatic heterocycles. The Morgan fingerprint density at radius 3 is 2.48 bits per heavy atom. The maximum absolute atomic E-state index is 12.4. The van der Waals surface area contributed by atoms with E-state index in [-0.39, 0.29) is 12.5 Å². The molecule has 0 atom stereocenters. The molecule has 1 aliphatic rings. The molecule has 29 heavy (non-hydrogen) atoms. The number of nitrogens with one attached hydrogen (secondary N) is 1. The van der Waals surface area contributed by atoms with E-state index in [1.54, 1.807) is 17.5 Å². The lowest BCUT2D eigenvalue weighted by atomic mass is 9.98. The minimum absolute atomic E-state index is 0.220. The van der Waals surface area contributed by atoms with Crippen LogP contribution < -0.4 is 4.72 Å². The Balaban J connectivity index is 1.50. The quantitative estimate of drug-likeness (QED) is 0.621. The first-order valence-electron chi connectivity index (χ1n) is 9.51. The molecule has 4 rings (SSSR count). The van der Waals surface area contributed by atoms with E-state index in [1.807, 2.05) is 53.4 Å². The summed E-state index contributed by atoms with van der Waals surface area (Å²) in [6, 6.07) is 19.2. The molecule has 0 radical (unpaired) electrons. The van der Waals surface area contributed by atoms with Crippen molar-refractivity contribution in [3.05, 3.63) is 77.2 Å². The van der Waals surface area contributed by atoms with Crippen LogP contribution >= 0.6 is 11.3 Å². The van der Waals surface area contributed by atoms with Gasteiger partial charge in [-0.3, -0.25) is 4.79 Å². The molecule has 5 nitrogen and oxygen atoms in total. The van der Waals surface area contributed by atoms with E-state index in [9.17, 15) is 13.2 Å². The topological polar surface area (TPSA) is 66.5 Å². The molecule has 0 aliphatic carbocycles. The van der Waals surface area contributed by atoms with Gasteiger partial charge in [0.1, 0.15) is 4.21 Å². The smallest absolute Gasteiger partial charge is 0.250 e. The number of carbonyl (C=O) groups is 1. The summed E-state index contributed by atoms with van der Waals surface area (Å²) in [5, 5.41) is 1.75. The van der Waals surface area contributed by atoms with Gasteiger partial charge in [-0.2, -0.15) is 0 Å². The van der Waals surface area contributed by atoms with Crippen molar-refractivity contribution in [2.75, 3.05) is 6.54 Å². The Morgan fingerprint density at radius 2 is 1.79 bits per heavy atom. The van der Waals surface area contributed by atoms with Gasteiger partial charge in [-0.25, -0.2) is 13.1 Å². The number of hydrogen-bond donors (Lipinski definition) is 1. The minimum Gasteiger partial charge on any atom is -0.338 e. The predicted molar refractivity (Wildman–Crippen MR) is 115 cm³/mol. The van der Waals surface area contributed by atoms with E-state index < -0.39 is 10.0 Å². The fraction of sp³-hybridized carbons (Fsp3) is 0.227. The third kappa shape index (κ3) is 4.58. The average molecular weight is 427 g/mol. The lowest BCUT2D eigenvalue weighted by Crippen LogP contribution is -2.23. The van der Waals surface area contributed by atoms with Crippen LogP contribution in [-0.2, 0) is 27.9 Å². The van der Waals surface area contributed by atoms with Gasteiger partial charge in [0.05, 0.1) is 0 Å². The van der Waals surface area contributed by atoms with Gasteiger partial charge in [0.25, 0.3) is 0 Å². The van der Waals surface area contributed by atoms with Crippen LogP contribution in [0.3, 0.4) is 0 Å². The van der Waals surface area contributed by atoms with Crippen molar-refractivity contribution in [2.24, 2.45) is 0 Å². The number of benzene rings is 2. The summed E-state index contributed by atoms with van der Waals surface area (Å²) < 4.78 is 27.8. The Morgan fingerprint density at radius 1 is 1.00 bits per heavy atom. The zero-order valence-corrected chi connectivity index (χ0v) is 17.5. The van der Waals surface area contributed by atoms with Crippen LogP contribution in [0.25, 0.3) is 11.1 Å². The maximum Gasteiger partial charge on any atom is 0.250 e. The van der Waals surface area contributed by atoms with Crippen molar-refractivity contribution in [3.8, 4) is 11.1 Å². The van der Waals surface area contributed by atoms with E-state index >= 15 is 0 Å². The maximum atomic E-state index is 12.4. The van der Waals surface area contributed by atoms with Crippen molar-refractivity contribution in [3.63, 3.8) is 0 Å². The first-order valence-corrected chi connectivity index (χ1v) is 11.9. The highest BCUT2D eigenvalue weighted by molar-refractivity contribution is 7.91. The first kappa shape index (κ1) is 19.8. The summed E-state index contributed by atoms with van der Waals surface area (Å²) in [5.41, 5.74) is 4.02. The summed E-state index contributed by atoms with van der Waals surface area (Å²) in [6.07, 6.45) is 1.58. The van der Waals surface area contributed by atoms with Crippen LogP contribution in [0.15, 0.2) is 70.3 Å². The van der Waals surface area contributed by atoms with Crippen LogP contribution in [0.1, 0.15) is 24.0 Å². The Labute approximate surface area is 175 Å². The van der Waals surface area contributed by atoms with Crippen LogP contribution in [0.4, 0.5) is 0 Å². The van der Waals surface area contributed by atoms with Crippen LogP contribution in [-0.4, -0.2) is 25.8 Å². The summed E-state index contributed by atoms with van der Waals surface area (Å²) in [6.45, 7) is 1.69. The van der Waals surface area contributed by atoms with Gasteiger partial charge in [0, 0.05) is 26.1 Å². The Kier molecular flexibility index (Phi) is 5.80. The molecule has 1 saturated heterocycles. The third-order valence-corrected chi connectivity index (χ3v) is 7.84. The third-order valence-electron chi connectivity index (χ3n) is 5.04. The molecule has 150 valence electrons. The van der Waals surface area contributed by atoms with Crippen molar-refractivity contribution < 1.29 is 13.2 Å². The molecule has 0 unspecified atom stereocenters. The zero-order chi connectivity index (χ0) is 20.3. The Hall–Kier alpha value is -2.48. The minimum atomic E-state index is -3.51. The van der Waals surface area contributed by atoms with Crippen molar-refractivity contribution >= 4 is 27.3 Å². The monoisotopic (exact) mass is 426 g/mol. The fourth-order valence-corrected chi connectivity index (χ4v) is 5.54. The molecule has 1 N–H and O–H groups in total. The normalized spacial score (nSPS) is 14.5. The number of carbonyl (C=O) groups excluding carboxylic acids is 1.